The number of para-hydroxylation sites is 2. The first-order valence-electron chi connectivity index (χ1n) is 11.7. The SMILES string of the molecule is O=C(CN1C(=O)CCOc2ccccc21)NCC1CC2c3ccccc3C1c1ccccc12. The number of nitrogens with zero attached hydrogens (tertiary/aromatic N) is 1. The van der Waals surface area contributed by atoms with Crippen LogP contribution in [0.5, 0.6) is 5.75 Å². The van der Waals surface area contributed by atoms with Gasteiger partial charge in [0.15, 0.2) is 0 Å². The maximum Gasteiger partial charge on any atom is 0.240 e. The fraction of sp³-hybridized carbons (Fsp3) is 0.286. The second kappa shape index (κ2) is 8.07. The van der Waals surface area contributed by atoms with Gasteiger partial charge >= 0.3 is 0 Å². The number of rotatable bonds is 4. The number of benzene rings is 3. The molecule has 7 rings (SSSR count). The van der Waals surface area contributed by atoms with Gasteiger partial charge in [0.1, 0.15) is 12.3 Å². The highest BCUT2D eigenvalue weighted by Crippen LogP contribution is 2.55. The highest BCUT2D eigenvalue weighted by Gasteiger charge is 2.43. The Morgan fingerprint density at radius 2 is 1.55 bits per heavy atom. The average molecular weight is 439 g/mol. The van der Waals surface area contributed by atoms with Crippen LogP contribution in [0.4, 0.5) is 5.69 Å². The van der Waals surface area contributed by atoms with Gasteiger partial charge in [0.05, 0.1) is 18.7 Å². The van der Waals surface area contributed by atoms with Crippen molar-refractivity contribution in [3.05, 3.63) is 95.1 Å². The van der Waals surface area contributed by atoms with E-state index in [-0.39, 0.29) is 30.7 Å². The standard InChI is InChI=1S/C28H26N2O3/c31-26(17-30-24-11-5-6-12-25(24)33-14-13-27(30)32)29-16-18-15-23-19-7-1-3-9-21(19)28(18)22-10-4-2-8-20(22)23/h1-12,18,23,28H,13-17H2,(H,29,31). The first-order chi connectivity index (χ1) is 16.2. The lowest BCUT2D eigenvalue weighted by atomic mass is 9.59. The van der Waals surface area contributed by atoms with Crippen LogP contribution in [-0.2, 0) is 9.59 Å². The molecular weight excluding hydrogens is 412 g/mol. The molecule has 2 bridgehead atoms. The summed E-state index contributed by atoms with van der Waals surface area (Å²) in [5.41, 5.74) is 6.29. The zero-order valence-electron chi connectivity index (χ0n) is 18.4. The van der Waals surface area contributed by atoms with Crippen molar-refractivity contribution < 1.29 is 14.3 Å². The monoisotopic (exact) mass is 438 g/mol. The Labute approximate surface area is 193 Å². The molecule has 0 saturated carbocycles. The van der Waals surface area contributed by atoms with Crippen molar-refractivity contribution in [3.8, 4) is 5.75 Å². The molecule has 0 saturated heterocycles. The minimum Gasteiger partial charge on any atom is -0.491 e. The van der Waals surface area contributed by atoms with Crippen LogP contribution >= 0.6 is 0 Å². The molecule has 33 heavy (non-hydrogen) atoms. The van der Waals surface area contributed by atoms with E-state index in [1.165, 1.54) is 22.3 Å². The number of amides is 2. The molecule has 1 N–H and O–H groups in total. The van der Waals surface area contributed by atoms with E-state index in [9.17, 15) is 9.59 Å². The Morgan fingerprint density at radius 3 is 2.27 bits per heavy atom. The largest absolute Gasteiger partial charge is 0.491 e. The van der Waals surface area contributed by atoms with Crippen LogP contribution in [0.15, 0.2) is 72.8 Å². The van der Waals surface area contributed by atoms with Gasteiger partial charge in [-0.2, -0.15) is 0 Å². The van der Waals surface area contributed by atoms with E-state index in [2.05, 4.69) is 53.8 Å². The summed E-state index contributed by atoms with van der Waals surface area (Å²) in [5.74, 6) is 1.42. The number of hydrogen-bond acceptors (Lipinski definition) is 3. The van der Waals surface area contributed by atoms with Crippen LogP contribution in [0, 0.1) is 5.92 Å². The summed E-state index contributed by atoms with van der Waals surface area (Å²) >= 11 is 0. The molecule has 166 valence electrons. The normalized spacial score (nSPS) is 22.5. The van der Waals surface area contributed by atoms with Crippen LogP contribution in [0.1, 0.15) is 46.9 Å². The molecule has 2 amide bonds. The Hall–Kier alpha value is -3.60. The second-order valence-corrected chi connectivity index (χ2v) is 9.13. The highest BCUT2D eigenvalue weighted by molar-refractivity contribution is 6.00. The fourth-order valence-electron chi connectivity index (χ4n) is 5.90. The zero-order chi connectivity index (χ0) is 22.4. The summed E-state index contributed by atoms with van der Waals surface area (Å²) < 4.78 is 5.69. The van der Waals surface area contributed by atoms with Crippen molar-refractivity contribution in [2.45, 2.75) is 24.7 Å². The first kappa shape index (κ1) is 20.0. The molecule has 5 nitrogen and oxygen atoms in total. The quantitative estimate of drug-likeness (QED) is 0.664. The van der Waals surface area contributed by atoms with Gasteiger partial charge in [-0.3, -0.25) is 14.5 Å². The maximum atomic E-state index is 13.0. The molecule has 4 aliphatic rings. The number of anilines is 1. The Morgan fingerprint density at radius 1 is 0.909 bits per heavy atom. The van der Waals surface area contributed by atoms with Gasteiger partial charge in [-0.1, -0.05) is 60.7 Å². The van der Waals surface area contributed by atoms with E-state index in [1.807, 2.05) is 24.3 Å². The van der Waals surface area contributed by atoms with E-state index < -0.39 is 0 Å². The van der Waals surface area contributed by atoms with Crippen LogP contribution in [-0.4, -0.2) is 31.5 Å². The zero-order valence-corrected chi connectivity index (χ0v) is 18.4. The highest BCUT2D eigenvalue weighted by atomic mass is 16.5. The Balaban J connectivity index is 1.20. The Bertz CT molecular complexity index is 1190. The molecule has 3 aliphatic carbocycles. The van der Waals surface area contributed by atoms with Crippen molar-refractivity contribution >= 4 is 17.5 Å². The predicted molar refractivity (Wildman–Crippen MR) is 127 cm³/mol. The van der Waals surface area contributed by atoms with Gasteiger partial charge in [0.2, 0.25) is 11.8 Å². The minimum absolute atomic E-state index is 0.00714. The third-order valence-electron chi connectivity index (χ3n) is 7.32. The Kier molecular flexibility index (Phi) is 4.90. The lowest BCUT2D eigenvalue weighted by Crippen LogP contribution is -2.44. The van der Waals surface area contributed by atoms with Crippen molar-refractivity contribution in [1.29, 1.82) is 0 Å². The minimum atomic E-state index is -0.136. The maximum absolute atomic E-state index is 13.0. The number of nitrogens with one attached hydrogen (secondary N) is 1. The predicted octanol–water partition coefficient (Wildman–Crippen LogP) is 4.22. The molecule has 0 spiro atoms. The van der Waals surface area contributed by atoms with Crippen LogP contribution < -0.4 is 15.0 Å². The fourth-order valence-corrected chi connectivity index (χ4v) is 5.90. The van der Waals surface area contributed by atoms with Crippen molar-refractivity contribution in [2.24, 2.45) is 5.92 Å². The summed E-state index contributed by atoms with van der Waals surface area (Å²) in [5, 5.41) is 3.14. The summed E-state index contributed by atoms with van der Waals surface area (Å²) in [6, 6.07) is 24.9. The first-order valence-corrected chi connectivity index (χ1v) is 11.7. The van der Waals surface area contributed by atoms with E-state index in [4.69, 9.17) is 4.74 Å². The summed E-state index contributed by atoms with van der Waals surface area (Å²) in [4.78, 5) is 27.2. The van der Waals surface area contributed by atoms with Gasteiger partial charge in [0.25, 0.3) is 0 Å². The number of hydrogen-bond donors (Lipinski definition) is 1. The molecule has 1 atom stereocenters. The molecule has 1 unspecified atom stereocenters. The van der Waals surface area contributed by atoms with Gasteiger partial charge in [-0.25, -0.2) is 0 Å². The molecule has 0 aromatic heterocycles. The number of carbonyl (C=O) groups is 2. The van der Waals surface area contributed by atoms with Gasteiger partial charge in [-0.15, -0.1) is 0 Å². The van der Waals surface area contributed by atoms with E-state index >= 15 is 0 Å². The molecule has 3 aromatic carbocycles. The molecule has 5 heteroatoms. The molecular formula is C28H26N2O3. The smallest absolute Gasteiger partial charge is 0.240 e. The molecule has 3 aromatic rings. The van der Waals surface area contributed by atoms with Gasteiger partial charge < -0.3 is 10.1 Å². The molecule has 0 radical (unpaired) electrons. The number of carbonyl (C=O) groups excluding carboxylic acids is 2. The second-order valence-electron chi connectivity index (χ2n) is 9.13. The average Bonchev–Trinajstić information content (AvgIpc) is 3.01. The molecule has 1 heterocycles. The lowest BCUT2D eigenvalue weighted by Gasteiger charge is -2.45. The van der Waals surface area contributed by atoms with Crippen LogP contribution in [0.2, 0.25) is 0 Å². The third-order valence-corrected chi connectivity index (χ3v) is 7.32. The molecule has 1 aliphatic heterocycles. The van der Waals surface area contributed by atoms with Gasteiger partial charge in [0, 0.05) is 18.4 Å². The van der Waals surface area contributed by atoms with E-state index in [0.717, 1.165) is 6.42 Å². The van der Waals surface area contributed by atoms with Crippen LogP contribution in [0.3, 0.4) is 0 Å². The topological polar surface area (TPSA) is 58.6 Å². The van der Waals surface area contributed by atoms with Crippen LogP contribution in [0.25, 0.3) is 0 Å². The summed E-state index contributed by atoms with van der Waals surface area (Å²) in [6.45, 7) is 0.938. The van der Waals surface area contributed by atoms with Crippen molar-refractivity contribution in [3.63, 3.8) is 0 Å². The number of ether oxygens (including phenoxy) is 1. The van der Waals surface area contributed by atoms with Crippen molar-refractivity contribution in [2.75, 3.05) is 24.6 Å². The molecule has 0 fully saturated rings. The lowest BCUT2D eigenvalue weighted by molar-refractivity contribution is -0.124. The van der Waals surface area contributed by atoms with Gasteiger partial charge in [-0.05, 0) is 46.7 Å². The summed E-state index contributed by atoms with van der Waals surface area (Å²) in [6.07, 6.45) is 1.29. The van der Waals surface area contributed by atoms with E-state index in [0.29, 0.717) is 36.4 Å². The van der Waals surface area contributed by atoms with E-state index in [1.54, 1.807) is 4.90 Å². The third kappa shape index (κ3) is 3.39. The number of fused-ring (bicyclic) bond motifs is 2. The van der Waals surface area contributed by atoms with Crippen molar-refractivity contribution in [1.82, 2.24) is 5.32 Å². The summed E-state index contributed by atoms with van der Waals surface area (Å²) in [7, 11) is 0.